The number of carbonyl (C=O) groups excluding carboxylic acids is 1. The highest BCUT2D eigenvalue weighted by molar-refractivity contribution is 5.89. The van der Waals surface area contributed by atoms with Crippen LogP contribution in [0.15, 0.2) is 42.7 Å². The Hall–Kier alpha value is -2.34. The number of aromatic nitrogens is 2. The van der Waals surface area contributed by atoms with Crippen molar-refractivity contribution < 1.29 is 9.53 Å². The van der Waals surface area contributed by atoms with Crippen LogP contribution in [0.3, 0.4) is 0 Å². The molecule has 3 rings (SSSR count). The molecule has 1 aliphatic heterocycles. The van der Waals surface area contributed by atoms with Crippen molar-refractivity contribution in [3.05, 3.63) is 48.3 Å². The van der Waals surface area contributed by atoms with Crippen molar-refractivity contribution in [2.24, 2.45) is 7.05 Å². The first kappa shape index (κ1) is 15.6. The van der Waals surface area contributed by atoms with Crippen molar-refractivity contribution in [3.8, 4) is 0 Å². The third kappa shape index (κ3) is 4.32. The van der Waals surface area contributed by atoms with Crippen LogP contribution in [-0.2, 0) is 18.4 Å². The maximum atomic E-state index is 12.2. The van der Waals surface area contributed by atoms with Crippen molar-refractivity contribution in [2.75, 3.05) is 18.4 Å². The van der Waals surface area contributed by atoms with Crippen LogP contribution in [0, 0.1) is 0 Å². The van der Waals surface area contributed by atoms with Gasteiger partial charge in [-0.15, -0.1) is 0 Å². The maximum Gasteiger partial charge on any atom is 0.321 e. The molecule has 1 aromatic carbocycles. The van der Waals surface area contributed by atoms with E-state index in [1.807, 2.05) is 30.1 Å². The summed E-state index contributed by atoms with van der Waals surface area (Å²) >= 11 is 0. The molecule has 0 saturated carbocycles. The molecule has 1 N–H and O–H groups in total. The van der Waals surface area contributed by atoms with Crippen molar-refractivity contribution >= 4 is 11.7 Å². The lowest BCUT2D eigenvalue weighted by atomic mass is 10.1. The molecular formula is C17H22N4O2. The van der Waals surface area contributed by atoms with Gasteiger partial charge in [-0.3, -0.25) is 4.68 Å². The maximum absolute atomic E-state index is 12.2. The third-order valence-corrected chi connectivity index (χ3v) is 4.01. The number of ether oxygens (including phenoxy) is 1. The van der Waals surface area contributed by atoms with Crippen LogP contribution in [0.5, 0.6) is 0 Å². The van der Waals surface area contributed by atoms with E-state index in [9.17, 15) is 4.79 Å². The Morgan fingerprint density at radius 3 is 2.70 bits per heavy atom. The molecule has 0 atom stereocenters. The summed E-state index contributed by atoms with van der Waals surface area (Å²) in [5.41, 5.74) is 1.91. The van der Waals surface area contributed by atoms with Crippen LogP contribution < -0.4 is 5.32 Å². The van der Waals surface area contributed by atoms with Gasteiger partial charge in [-0.25, -0.2) is 4.79 Å². The summed E-state index contributed by atoms with van der Waals surface area (Å²) in [5.74, 6) is 0. The standard InChI is InChI=1S/C17H22N4O2/c1-20-12-15(11-18-20)19-17(22)21-9-7-16(8-10-21)23-13-14-5-3-2-4-6-14/h2-6,11-12,16H,7-10,13H2,1H3,(H,19,22). The Bertz CT molecular complexity index is 633. The van der Waals surface area contributed by atoms with E-state index < -0.39 is 0 Å². The topological polar surface area (TPSA) is 59.4 Å². The molecule has 1 aromatic heterocycles. The second-order valence-corrected chi connectivity index (χ2v) is 5.82. The van der Waals surface area contributed by atoms with Crippen LogP contribution in [0.4, 0.5) is 10.5 Å². The number of carbonyl (C=O) groups is 1. The molecule has 23 heavy (non-hydrogen) atoms. The largest absolute Gasteiger partial charge is 0.373 e. The molecule has 0 bridgehead atoms. The van der Waals surface area contributed by atoms with E-state index in [-0.39, 0.29) is 12.1 Å². The summed E-state index contributed by atoms with van der Waals surface area (Å²) in [5, 5.41) is 6.91. The molecule has 1 aliphatic rings. The molecule has 0 aliphatic carbocycles. The van der Waals surface area contributed by atoms with Gasteiger partial charge in [0.2, 0.25) is 0 Å². The zero-order valence-electron chi connectivity index (χ0n) is 13.3. The lowest BCUT2D eigenvalue weighted by molar-refractivity contribution is 0.00540. The van der Waals surface area contributed by atoms with Gasteiger partial charge in [0, 0.05) is 26.3 Å². The van der Waals surface area contributed by atoms with E-state index in [1.54, 1.807) is 17.1 Å². The highest BCUT2D eigenvalue weighted by Crippen LogP contribution is 2.17. The smallest absolute Gasteiger partial charge is 0.321 e. The second kappa shape index (κ2) is 7.28. The Labute approximate surface area is 136 Å². The number of amides is 2. The van der Waals surface area contributed by atoms with Gasteiger partial charge in [0.05, 0.1) is 24.6 Å². The van der Waals surface area contributed by atoms with Crippen LogP contribution in [0.25, 0.3) is 0 Å². The molecule has 2 amide bonds. The van der Waals surface area contributed by atoms with Gasteiger partial charge in [0.1, 0.15) is 0 Å². The molecule has 6 nitrogen and oxygen atoms in total. The number of rotatable bonds is 4. The minimum atomic E-state index is -0.0699. The summed E-state index contributed by atoms with van der Waals surface area (Å²) in [4.78, 5) is 14.0. The molecule has 2 aromatic rings. The Kier molecular flexibility index (Phi) is 4.92. The Morgan fingerprint density at radius 1 is 1.30 bits per heavy atom. The average molecular weight is 314 g/mol. The van der Waals surface area contributed by atoms with E-state index in [0.29, 0.717) is 19.7 Å². The van der Waals surface area contributed by atoms with E-state index in [1.165, 1.54) is 5.56 Å². The molecule has 6 heteroatoms. The van der Waals surface area contributed by atoms with E-state index in [4.69, 9.17) is 4.74 Å². The quantitative estimate of drug-likeness (QED) is 0.944. The summed E-state index contributed by atoms with van der Waals surface area (Å²) in [6.07, 6.45) is 5.39. The Balaban J connectivity index is 1.42. The second-order valence-electron chi connectivity index (χ2n) is 5.82. The van der Waals surface area contributed by atoms with Crippen molar-refractivity contribution in [1.82, 2.24) is 14.7 Å². The summed E-state index contributed by atoms with van der Waals surface area (Å²) in [7, 11) is 1.82. The fourth-order valence-electron chi connectivity index (χ4n) is 2.70. The van der Waals surface area contributed by atoms with Gasteiger partial charge in [-0.2, -0.15) is 5.10 Å². The summed E-state index contributed by atoms with van der Waals surface area (Å²) in [6, 6.07) is 10.1. The summed E-state index contributed by atoms with van der Waals surface area (Å²) in [6.45, 7) is 2.06. The van der Waals surface area contributed by atoms with Crippen LogP contribution in [0.1, 0.15) is 18.4 Å². The monoisotopic (exact) mass is 314 g/mol. The number of nitrogens with one attached hydrogen (secondary N) is 1. The van der Waals surface area contributed by atoms with Gasteiger partial charge in [0.15, 0.2) is 0 Å². The molecule has 0 spiro atoms. The zero-order valence-corrected chi connectivity index (χ0v) is 13.3. The Morgan fingerprint density at radius 2 is 2.04 bits per heavy atom. The van der Waals surface area contributed by atoms with Gasteiger partial charge in [0.25, 0.3) is 0 Å². The lowest BCUT2D eigenvalue weighted by Gasteiger charge is -2.31. The van der Waals surface area contributed by atoms with Crippen LogP contribution >= 0.6 is 0 Å². The predicted molar refractivity (Wildman–Crippen MR) is 88.1 cm³/mol. The van der Waals surface area contributed by atoms with E-state index in [2.05, 4.69) is 22.5 Å². The molecule has 0 radical (unpaired) electrons. The number of aryl methyl sites for hydroxylation is 1. The molecule has 1 fully saturated rings. The first-order chi connectivity index (χ1) is 11.2. The predicted octanol–water partition coefficient (Wildman–Crippen LogP) is 2.63. The average Bonchev–Trinajstić information content (AvgIpc) is 2.99. The number of benzene rings is 1. The van der Waals surface area contributed by atoms with Crippen molar-refractivity contribution in [1.29, 1.82) is 0 Å². The van der Waals surface area contributed by atoms with Crippen molar-refractivity contribution in [2.45, 2.75) is 25.6 Å². The number of likely N-dealkylation sites (tertiary alicyclic amines) is 1. The van der Waals surface area contributed by atoms with Crippen molar-refractivity contribution in [3.63, 3.8) is 0 Å². The van der Waals surface area contributed by atoms with Gasteiger partial charge >= 0.3 is 6.03 Å². The number of hydrogen-bond acceptors (Lipinski definition) is 3. The third-order valence-electron chi connectivity index (χ3n) is 4.01. The lowest BCUT2D eigenvalue weighted by Crippen LogP contribution is -2.43. The number of hydrogen-bond donors (Lipinski definition) is 1. The minimum Gasteiger partial charge on any atom is -0.373 e. The first-order valence-electron chi connectivity index (χ1n) is 7.91. The molecule has 0 unspecified atom stereocenters. The number of piperidine rings is 1. The van der Waals surface area contributed by atoms with Gasteiger partial charge < -0.3 is 15.0 Å². The molecular weight excluding hydrogens is 292 g/mol. The normalized spacial score (nSPS) is 15.6. The van der Waals surface area contributed by atoms with E-state index in [0.717, 1.165) is 18.5 Å². The highest BCUT2D eigenvalue weighted by atomic mass is 16.5. The number of anilines is 1. The number of nitrogens with zero attached hydrogens (tertiary/aromatic N) is 3. The SMILES string of the molecule is Cn1cc(NC(=O)N2CCC(OCc3ccccc3)CC2)cn1. The fraction of sp³-hybridized carbons (Fsp3) is 0.412. The first-order valence-corrected chi connectivity index (χ1v) is 7.91. The highest BCUT2D eigenvalue weighted by Gasteiger charge is 2.23. The van der Waals surface area contributed by atoms with Crippen LogP contribution in [-0.4, -0.2) is 39.9 Å². The molecule has 1 saturated heterocycles. The fourth-order valence-corrected chi connectivity index (χ4v) is 2.70. The van der Waals surface area contributed by atoms with E-state index >= 15 is 0 Å². The molecule has 122 valence electrons. The zero-order chi connectivity index (χ0) is 16.1. The van der Waals surface area contributed by atoms with Crippen LogP contribution in [0.2, 0.25) is 0 Å². The summed E-state index contributed by atoms with van der Waals surface area (Å²) < 4.78 is 7.61. The van der Waals surface area contributed by atoms with Gasteiger partial charge in [-0.05, 0) is 18.4 Å². The van der Waals surface area contributed by atoms with Gasteiger partial charge in [-0.1, -0.05) is 30.3 Å². The minimum absolute atomic E-state index is 0.0699. The molecule has 2 heterocycles. The number of urea groups is 1.